The maximum Gasteiger partial charge on any atom is 0.415 e. The molecule has 2 aliphatic rings. The number of nitrogens with zero attached hydrogens (tertiary/aromatic N) is 4. The van der Waals surface area contributed by atoms with Gasteiger partial charge in [0.15, 0.2) is 0 Å². The number of carbonyl (C=O) groups is 3. The molecule has 0 radical (unpaired) electrons. The number of carbonyl (C=O) groups excluding carboxylic acids is 3. The van der Waals surface area contributed by atoms with Gasteiger partial charge in [-0.05, 0) is 29.5 Å². The third kappa shape index (κ3) is 6.42. The molecule has 4 rings (SSSR count). The highest BCUT2D eigenvalue weighted by atomic mass is 32.1. The first-order chi connectivity index (χ1) is 16.3. The van der Waals surface area contributed by atoms with Gasteiger partial charge in [0.05, 0.1) is 5.01 Å². The average Bonchev–Trinajstić information content (AvgIpc) is 3.31. The SMILES string of the molecule is CC1(C)CC(=O)N(CCc2ccc(OC(=O)N3CCN(CCc4nccs4)CC3)cc2)C(=O)C1. The van der Waals surface area contributed by atoms with Crippen LogP contribution in [0.2, 0.25) is 0 Å². The third-order valence-electron chi connectivity index (χ3n) is 6.37. The van der Waals surface area contributed by atoms with E-state index in [1.165, 1.54) is 4.90 Å². The van der Waals surface area contributed by atoms with E-state index in [2.05, 4.69) is 9.88 Å². The van der Waals surface area contributed by atoms with Crippen molar-refractivity contribution in [2.24, 2.45) is 5.41 Å². The van der Waals surface area contributed by atoms with Crippen molar-refractivity contribution < 1.29 is 19.1 Å². The highest BCUT2D eigenvalue weighted by Crippen LogP contribution is 2.31. The van der Waals surface area contributed by atoms with Crippen LogP contribution in [0, 0.1) is 5.41 Å². The second-order valence-corrected chi connectivity index (χ2v) is 10.7. The fourth-order valence-electron chi connectivity index (χ4n) is 4.38. The summed E-state index contributed by atoms with van der Waals surface area (Å²) in [6.07, 6.45) is 3.81. The number of piperidine rings is 1. The van der Waals surface area contributed by atoms with Crippen LogP contribution in [0.4, 0.5) is 4.79 Å². The van der Waals surface area contributed by atoms with Gasteiger partial charge in [0.1, 0.15) is 5.75 Å². The van der Waals surface area contributed by atoms with Gasteiger partial charge in [0, 0.05) is 70.1 Å². The van der Waals surface area contributed by atoms with Crippen molar-refractivity contribution in [3.8, 4) is 5.75 Å². The molecule has 0 unspecified atom stereocenters. The van der Waals surface area contributed by atoms with Crippen molar-refractivity contribution >= 4 is 29.2 Å². The van der Waals surface area contributed by atoms with E-state index in [0.29, 0.717) is 44.6 Å². The molecule has 0 aliphatic carbocycles. The molecule has 2 saturated heterocycles. The van der Waals surface area contributed by atoms with Crippen LogP contribution in [0.1, 0.15) is 37.3 Å². The van der Waals surface area contributed by atoms with E-state index in [0.717, 1.165) is 36.6 Å². The first kappa shape index (κ1) is 24.3. The second-order valence-electron chi connectivity index (χ2n) is 9.72. The molecule has 2 aromatic rings. The molecular formula is C25H32N4O4S. The Kier molecular flexibility index (Phi) is 7.63. The molecule has 9 heteroatoms. The maximum atomic E-state index is 12.6. The molecule has 3 amide bonds. The summed E-state index contributed by atoms with van der Waals surface area (Å²) in [5.41, 5.74) is 0.726. The third-order valence-corrected chi connectivity index (χ3v) is 7.21. The van der Waals surface area contributed by atoms with E-state index in [1.54, 1.807) is 28.4 Å². The average molecular weight is 485 g/mol. The number of hydrogen-bond donors (Lipinski definition) is 0. The lowest BCUT2D eigenvalue weighted by molar-refractivity contribution is -0.152. The van der Waals surface area contributed by atoms with E-state index in [-0.39, 0.29) is 23.3 Å². The maximum absolute atomic E-state index is 12.6. The molecule has 3 heterocycles. The zero-order valence-electron chi connectivity index (χ0n) is 19.9. The normalized spacial score (nSPS) is 18.9. The minimum atomic E-state index is -0.334. The van der Waals surface area contributed by atoms with Gasteiger partial charge in [-0.1, -0.05) is 26.0 Å². The molecule has 1 aromatic heterocycles. The fourth-order valence-corrected chi connectivity index (χ4v) is 4.98. The number of piperazine rings is 1. The van der Waals surface area contributed by atoms with Gasteiger partial charge in [0.2, 0.25) is 11.8 Å². The molecular weight excluding hydrogens is 452 g/mol. The van der Waals surface area contributed by atoms with Gasteiger partial charge in [-0.2, -0.15) is 0 Å². The molecule has 8 nitrogen and oxygen atoms in total. The smallest absolute Gasteiger partial charge is 0.410 e. The molecule has 0 bridgehead atoms. The van der Waals surface area contributed by atoms with Crippen LogP contribution in [0.25, 0.3) is 0 Å². The first-order valence-corrected chi connectivity index (χ1v) is 12.7. The summed E-state index contributed by atoms with van der Waals surface area (Å²) in [6.45, 7) is 8.15. The zero-order valence-corrected chi connectivity index (χ0v) is 20.7. The summed E-state index contributed by atoms with van der Waals surface area (Å²) in [7, 11) is 0. The van der Waals surface area contributed by atoms with Crippen molar-refractivity contribution in [3.63, 3.8) is 0 Å². The van der Waals surface area contributed by atoms with Gasteiger partial charge in [-0.15, -0.1) is 11.3 Å². The van der Waals surface area contributed by atoms with Crippen molar-refractivity contribution in [2.75, 3.05) is 39.3 Å². The van der Waals surface area contributed by atoms with E-state index in [9.17, 15) is 14.4 Å². The Balaban J connectivity index is 1.20. The fraction of sp³-hybridized carbons (Fsp3) is 0.520. The van der Waals surface area contributed by atoms with E-state index >= 15 is 0 Å². The van der Waals surface area contributed by atoms with Gasteiger partial charge in [0.25, 0.3) is 0 Å². The number of amides is 3. The number of aromatic nitrogens is 1. The summed E-state index contributed by atoms with van der Waals surface area (Å²) in [5, 5.41) is 3.14. The number of hydrogen-bond acceptors (Lipinski definition) is 7. The highest BCUT2D eigenvalue weighted by Gasteiger charge is 2.37. The van der Waals surface area contributed by atoms with Gasteiger partial charge < -0.3 is 9.64 Å². The second kappa shape index (κ2) is 10.7. The largest absolute Gasteiger partial charge is 0.415 e. The Bertz CT molecular complexity index is 978. The van der Waals surface area contributed by atoms with Crippen molar-refractivity contribution in [3.05, 3.63) is 46.4 Å². The summed E-state index contributed by atoms with van der Waals surface area (Å²) in [4.78, 5) is 47.0. The monoisotopic (exact) mass is 484 g/mol. The standard InChI is InChI=1S/C25H32N4O4S/c1-25(2)17-22(30)29(23(31)18-25)11-7-19-3-5-20(6-4-19)33-24(32)28-14-12-27(13-15-28)10-8-21-26-9-16-34-21/h3-6,9,16H,7-8,10-15,17-18H2,1-2H3. The Morgan fingerprint density at radius 3 is 2.29 bits per heavy atom. The Hall–Kier alpha value is -2.78. The molecule has 0 saturated carbocycles. The lowest BCUT2D eigenvalue weighted by Crippen LogP contribution is -2.49. The highest BCUT2D eigenvalue weighted by molar-refractivity contribution is 7.09. The quantitative estimate of drug-likeness (QED) is 0.561. The van der Waals surface area contributed by atoms with E-state index in [1.807, 2.05) is 37.6 Å². The molecule has 2 aliphatic heterocycles. The Morgan fingerprint density at radius 1 is 1.00 bits per heavy atom. The molecule has 182 valence electrons. The zero-order chi connectivity index (χ0) is 24.1. The van der Waals surface area contributed by atoms with E-state index < -0.39 is 0 Å². The van der Waals surface area contributed by atoms with Crippen molar-refractivity contribution in [1.29, 1.82) is 0 Å². The molecule has 2 fully saturated rings. The minimum Gasteiger partial charge on any atom is -0.410 e. The topological polar surface area (TPSA) is 83.1 Å². The summed E-state index contributed by atoms with van der Waals surface area (Å²) in [6, 6.07) is 7.28. The number of likely N-dealkylation sites (tertiary alicyclic amines) is 1. The predicted octanol–water partition coefficient (Wildman–Crippen LogP) is 3.22. The van der Waals surface area contributed by atoms with Crippen LogP contribution in [0.3, 0.4) is 0 Å². The number of thiazole rings is 1. The van der Waals surface area contributed by atoms with Crippen LogP contribution in [-0.4, -0.2) is 76.9 Å². The molecule has 0 spiro atoms. The van der Waals surface area contributed by atoms with Crippen molar-refractivity contribution in [1.82, 2.24) is 19.7 Å². The minimum absolute atomic E-state index is 0.102. The van der Waals surface area contributed by atoms with Crippen molar-refractivity contribution in [2.45, 2.75) is 39.5 Å². The number of imide groups is 1. The van der Waals surface area contributed by atoms with E-state index in [4.69, 9.17) is 4.74 Å². The van der Waals surface area contributed by atoms with Crippen LogP contribution in [-0.2, 0) is 22.4 Å². The first-order valence-electron chi connectivity index (χ1n) is 11.8. The predicted molar refractivity (Wildman–Crippen MR) is 130 cm³/mol. The molecule has 0 atom stereocenters. The molecule has 0 N–H and O–H groups in total. The van der Waals surface area contributed by atoms with Gasteiger partial charge in [-0.25, -0.2) is 9.78 Å². The van der Waals surface area contributed by atoms with Crippen LogP contribution in [0.15, 0.2) is 35.8 Å². The van der Waals surface area contributed by atoms with Crippen LogP contribution >= 0.6 is 11.3 Å². The summed E-state index contributed by atoms with van der Waals surface area (Å²) >= 11 is 1.67. The lowest BCUT2D eigenvalue weighted by atomic mass is 9.81. The number of rotatable bonds is 7. The number of ether oxygens (including phenoxy) is 1. The molecule has 34 heavy (non-hydrogen) atoms. The summed E-state index contributed by atoms with van der Waals surface area (Å²) in [5.74, 6) is 0.289. The van der Waals surface area contributed by atoms with Crippen LogP contribution < -0.4 is 4.74 Å². The Morgan fingerprint density at radius 2 is 1.68 bits per heavy atom. The number of benzene rings is 1. The summed E-state index contributed by atoms with van der Waals surface area (Å²) < 4.78 is 5.56. The van der Waals surface area contributed by atoms with Gasteiger partial charge in [-0.3, -0.25) is 19.4 Å². The van der Waals surface area contributed by atoms with Crippen LogP contribution in [0.5, 0.6) is 5.75 Å². The Labute approximate surface area is 204 Å². The lowest BCUT2D eigenvalue weighted by Gasteiger charge is -2.34. The van der Waals surface area contributed by atoms with Gasteiger partial charge >= 0.3 is 6.09 Å². The molecule has 1 aromatic carbocycles.